The van der Waals surface area contributed by atoms with Gasteiger partial charge in [0.25, 0.3) is 0 Å². The van der Waals surface area contributed by atoms with Gasteiger partial charge in [0.2, 0.25) is 0 Å². The van der Waals surface area contributed by atoms with Gasteiger partial charge in [-0.1, -0.05) is 0 Å². The van der Waals surface area contributed by atoms with E-state index in [0.29, 0.717) is 0 Å². The molecule has 0 unspecified atom stereocenters. The van der Waals surface area contributed by atoms with Crippen LogP contribution in [0.2, 0.25) is 0 Å². The van der Waals surface area contributed by atoms with Crippen LogP contribution in [0.3, 0.4) is 0 Å². The summed E-state index contributed by atoms with van der Waals surface area (Å²) in [6.45, 7) is 0. The first kappa shape index (κ1) is 5.43. The molecule has 7 heavy (non-hydrogen) atoms. The van der Waals surface area contributed by atoms with Gasteiger partial charge in [0, 0.05) is 0 Å². The molecule has 1 heterocycles. The molecule has 1 aliphatic rings. The second-order valence-corrected chi connectivity index (χ2v) is 3.40. The number of rotatable bonds is 1. The van der Waals surface area contributed by atoms with E-state index in [4.69, 9.17) is 9.79 Å². The Morgan fingerprint density at radius 3 is 1.86 bits per heavy atom. The average Bonchev–Trinajstić information content (AvgIpc) is 2.20. The van der Waals surface area contributed by atoms with Crippen molar-refractivity contribution in [3.8, 4) is 0 Å². The summed E-state index contributed by atoms with van der Waals surface area (Å²) in [6.07, 6.45) is 0. The van der Waals surface area contributed by atoms with Crippen molar-refractivity contribution in [1.29, 1.82) is 0 Å². The zero-order valence-corrected chi connectivity index (χ0v) is 4.46. The summed E-state index contributed by atoms with van der Waals surface area (Å²) >= 11 is 0. The molecule has 0 aliphatic carbocycles. The van der Waals surface area contributed by atoms with E-state index in [9.17, 15) is 0 Å². The molecule has 1 aliphatic heterocycles. The molecule has 1 saturated heterocycles. The van der Waals surface area contributed by atoms with Crippen LogP contribution >= 0.6 is 7.74 Å². The van der Waals surface area contributed by atoms with Gasteiger partial charge in [0.15, 0.2) is 0 Å². The molecular weight excluding hydrogens is 122 g/mol. The summed E-state index contributed by atoms with van der Waals surface area (Å²) in [4.78, 5) is 16.8. The Balaban J connectivity index is 2.58. The van der Waals surface area contributed by atoms with Crippen molar-refractivity contribution in [2.75, 3.05) is 0 Å². The Morgan fingerprint density at radius 1 is 1.43 bits per heavy atom. The summed E-state index contributed by atoms with van der Waals surface area (Å²) in [7, 11) is -3.24. The molecule has 0 amide bonds. The van der Waals surface area contributed by atoms with Crippen LogP contribution in [-0.4, -0.2) is 17.8 Å². The van der Waals surface area contributed by atoms with Crippen LogP contribution in [0.1, 0.15) is 0 Å². The van der Waals surface area contributed by atoms with Gasteiger partial charge in [0.1, 0.15) is 0 Å². The molecule has 1 fully saturated rings. The van der Waals surface area contributed by atoms with Gasteiger partial charge >= 0.3 is 39.4 Å². The van der Waals surface area contributed by atoms with E-state index in [0.717, 1.165) is 8.05 Å². The van der Waals surface area contributed by atoms with Gasteiger partial charge in [0.05, 0.1) is 0 Å². The minimum atomic E-state index is -4.33. The van der Waals surface area contributed by atoms with E-state index in [2.05, 4.69) is 13.8 Å². The summed E-state index contributed by atoms with van der Waals surface area (Å²) < 4.78 is 11.5. The second-order valence-electron chi connectivity index (χ2n) is 1.13. The third-order valence-corrected chi connectivity index (χ3v) is 1.74. The van der Waals surface area contributed by atoms with Crippen LogP contribution in [0, 0.1) is 0 Å². The zero-order chi connectivity index (χ0) is 5.57. The monoisotopic (exact) mass is 126 g/mol. The third kappa shape index (κ3) is 0.910. The molecule has 1 rings (SSSR count). The summed E-state index contributed by atoms with van der Waals surface area (Å²) in [5, 5.41) is 0. The quantitative estimate of drug-likeness (QED) is 0.196. The molecule has 5 nitrogen and oxygen atoms in total. The topological polar surface area (TPSA) is 74.8 Å². The van der Waals surface area contributed by atoms with Gasteiger partial charge in [-0.2, -0.15) is 0 Å². The Bertz CT molecular complexity index is 90.3. The first-order chi connectivity index (χ1) is 3.05. The predicted molar refractivity (Wildman–Crippen MR) is 23.2 cm³/mol. The molecule has 0 aromatic heterocycles. The maximum atomic E-state index is 8.42. The van der Waals surface area contributed by atoms with E-state index in [1.54, 1.807) is 0 Å². The van der Waals surface area contributed by atoms with Crippen LogP contribution in [0.4, 0.5) is 0 Å². The van der Waals surface area contributed by atoms with Crippen LogP contribution < -0.4 is 0 Å². The normalized spacial score (nSPS) is 38.3. The average molecular weight is 126 g/mol. The molecular formula is H4BO5P. The molecule has 0 atom stereocenters. The van der Waals surface area contributed by atoms with Gasteiger partial charge in [-0.25, -0.2) is 0 Å². The third-order valence-electron chi connectivity index (χ3n) is 0.581. The van der Waals surface area contributed by atoms with Crippen LogP contribution in [-0.2, 0) is 13.8 Å². The Hall–Kier alpha value is 0.295. The number of hydrogen-bond acceptors (Lipinski definition) is 5. The van der Waals surface area contributed by atoms with E-state index >= 15 is 0 Å². The number of hydrogen-bond donors (Lipinski definition) is 2. The van der Waals surface area contributed by atoms with Crippen molar-refractivity contribution >= 4 is 15.8 Å². The molecule has 7 heteroatoms. The van der Waals surface area contributed by atoms with E-state index in [-0.39, 0.29) is 0 Å². The van der Waals surface area contributed by atoms with Crippen molar-refractivity contribution in [1.82, 2.24) is 0 Å². The fraction of sp³-hybridized carbons (Fsp3) is 0. The van der Waals surface area contributed by atoms with E-state index in [1.165, 1.54) is 0 Å². The Labute approximate surface area is 40.5 Å². The first-order valence-electron chi connectivity index (χ1n) is 1.52. The summed E-state index contributed by atoms with van der Waals surface area (Å²) in [6, 6.07) is 0. The van der Waals surface area contributed by atoms with E-state index in [1.807, 2.05) is 0 Å². The van der Waals surface area contributed by atoms with Gasteiger partial charge in [-0.05, 0) is 0 Å². The standard InChI is InChI=1S/BH4O5P/c1-4-7(2,3)5-6-7/h2-3H,1H2. The molecule has 0 bridgehead atoms. The van der Waals surface area contributed by atoms with Crippen LogP contribution in [0.25, 0.3) is 0 Å². The SMILES string of the molecule is BOP1(O)(O)OO1. The van der Waals surface area contributed by atoms with Crippen LogP contribution in [0.15, 0.2) is 0 Å². The first-order valence-corrected chi connectivity index (χ1v) is 3.42. The van der Waals surface area contributed by atoms with Gasteiger partial charge in [-0.15, -0.1) is 0 Å². The second kappa shape index (κ2) is 0.998. The molecule has 42 valence electrons. The van der Waals surface area contributed by atoms with Crippen LogP contribution in [0.5, 0.6) is 0 Å². The van der Waals surface area contributed by atoms with Crippen molar-refractivity contribution in [2.24, 2.45) is 0 Å². The molecule has 0 radical (unpaired) electrons. The maximum absolute atomic E-state index is 8.42. The molecule has 0 aromatic carbocycles. The summed E-state index contributed by atoms with van der Waals surface area (Å²) in [5.74, 6) is 0. The Morgan fingerprint density at radius 2 is 1.86 bits per heavy atom. The van der Waals surface area contributed by atoms with Crippen molar-refractivity contribution in [3.05, 3.63) is 0 Å². The fourth-order valence-electron chi connectivity index (χ4n) is 0.104. The minimum absolute atomic E-state index is 1.09. The van der Waals surface area contributed by atoms with Crippen molar-refractivity contribution < 1.29 is 23.6 Å². The van der Waals surface area contributed by atoms with Crippen molar-refractivity contribution in [2.45, 2.75) is 0 Å². The van der Waals surface area contributed by atoms with Gasteiger partial charge in [-0.3, -0.25) is 0 Å². The summed E-state index contributed by atoms with van der Waals surface area (Å²) in [5.41, 5.74) is 0. The zero-order valence-electron chi connectivity index (χ0n) is 3.57. The molecule has 0 aromatic rings. The Kier molecular flexibility index (Phi) is 0.775. The molecule has 0 saturated carbocycles. The molecule has 2 N–H and O–H groups in total. The predicted octanol–water partition coefficient (Wildman–Crippen LogP) is -1.37. The van der Waals surface area contributed by atoms with E-state index < -0.39 is 7.74 Å². The fourth-order valence-corrected chi connectivity index (χ4v) is 0.573. The van der Waals surface area contributed by atoms with Gasteiger partial charge < -0.3 is 0 Å². The molecule has 0 spiro atoms. The van der Waals surface area contributed by atoms with Crippen molar-refractivity contribution in [3.63, 3.8) is 0 Å².